The van der Waals surface area contributed by atoms with Crippen LogP contribution in [0.15, 0.2) is 33.0 Å². The minimum absolute atomic E-state index is 0.169. The maximum Gasteiger partial charge on any atom is 0.343 e. The second kappa shape index (κ2) is 6.08. The highest BCUT2D eigenvalue weighted by Crippen LogP contribution is 2.29. The number of nitrogens with two attached hydrogens (primary N) is 1. The van der Waals surface area contributed by atoms with Crippen molar-refractivity contribution in [2.45, 2.75) is 36.9 Å². The van der Waals surface area contributed by atoms with Gasteiger partial charge in [-0.25, -0.2) is 9.89 Å². The van der Waals surface area contributed by atoms with Crippen molar-refractivity contribution in [2.75, 3.05) is 6.54 Å². The van der Waals surface area contributed by atoms with Crippen LogP contribution >= 0.6 is 11.8 Å². The van der Waals surface area contributed by atoms with E-state index in [1.165, 1.54) is 22.9 Å². The van der Waals surface area contributed by atoms with Crippen LogP contribution in [-0.4, -0.2) is 21.3 Å². The second-order valence-electron chi connectivity index (χ2n) is 4.31. The Morgan fingerprint density at radius 2 is 2.26 bits per heavy atom. The average Bonchev–Trinajstić information content (AvgIpc) is 2.73. The molecule has 0 aliphatic carbocycles. The van der Waals surface area contributed by atoms with Crippen LogP contribution in [0.1, 0.15) is 18.1 Å². The molecule has 0 fully saturated rings. The Morgan fingerprint density at radius 3 is 2.95 bits per heavy atom. The summed E-state index contributed by atoms with van der Waals surface area (Å²) in [5.41, 5.74) is 7.89. The molecule has 0 aliphatic heterocycles. The molecule has 2 aromatic rings. The number of H-pyrrole nitrogens is 1. The third-order valence-corrected chi connectivity index (χ3v) is 3.98. The van der Waals surface area contributed by atoms with E-state index in [4.69, 9.17) is 5.73 Å². The third kappa shape index (κ3) is 3.08. The number of hydrogen-bond acceptors (Lipinski definition) is 4. The lowest BCUT2D eigenvalue weighted by atomic mass is 10.1. The largest absolute Gasteiger partial charge is 0.343 e. The summed E-state index contributed by atoms with van der Waals surface area (Å²) in [6.07, 6.45) is 0.824. The Bertz CT molecular complexity index is 617. The van der Waals surface area contributed by atoms with E-state index >= 15 is 0 Å². The first kappa shape index (κ1) is 13.9. The van der Waals surface area contributed by atoms with Gasteiger partial charge in [-0.05, 0) is 50.2 Å². The number of hydrogen-bond donors (Lipinski definition) is 2. The van der Waals surface area contributed by atoms with Crippen LogP contribution in [0.2, 0.25) is 0 Å². The van der Waals surface area contributed by atoms with Crippen LogP contribution in [0.25, 0.3) is 0 Å². The van der Waals surface area contributed by atoms with Crippen molar-refractivity contribution in [1.29, 1.82) is 0 Å². The van der Waals surface area contributed by atoms with Gasteiger partial charge < -0.3 is 5.73 Å². The fraction of sp³-hybridized carbons (Fsp3) is 0.385. The molecule has 0 spiro atoms. The van der Waals surface area contributed by atoms with Gasteiger partial charge in [0.1, 0.15) is 0 Å². The molecule has 0 atom stereocenters. The SMILES string of the molecule is CCn1c(Sc2ccc(C)cc2CCN)n[nH]c1=O. The summed E-state index contributed by atoms with van der Waals surface area (Å²) in [5.74, 6) is 0. The van der Waals surface area contributed by atoms with Crippen molar-refractivity contribution < 1.29 is 0 Å². The van der Waals surface area contributed by atoms with Crippen LogP contribution in [0.4, 0.5) is 0 Å². The molecule has 0 aliphatic rings. The molecule has 1 heterocycles. The first-order chi connectivity index (χ1) is 9.15. The van der Waals surface area contributed by atoms with Crippen molar-refractivity contribution in [1.82, 2.24) is 14.8 Å². The molecule has 0 radical (unpaired) electrons. The molecule has 0 amide bonds. The first-order valence-corrected chi connectivity index (χ1v) is 7.10. The van der Waals surface area contributed by atoms with Crippen molar-refractivity contribution >= 4 is 11.8 Å². The highest BCUT2D eigenvalue weighted by atomic mass is 32.2. The summed E-state index contributed by atoms with van der Waals surface area (Å²) >= 11 is 1.50. The molecule has 2 rings (SSSR count). The minimum atomic E-state index is -0.169. The van der Waals surface area contributed by atoms with Gasteiger partial charge in [0.2, 0.25) is 0 Å². The van der Waals surface area contributed by atoms with Crippen LogP contribution in [-0.2, 0) is 13.0 Å². The van der Waals surface area contributed by atoms with Gasteiger partial charge in [-0.15, -0.1) is 5.10 Å². The van der Waals surface area contributed by atoms with Gasteiger partial charge in [0.25, 0.3) is 0 Å². The second-order valence-corrected chi connectivity index (χ2v) is 5.32. The molecule has 0 bridgehead atoms. The number of nitrogens with one attached hydrogen (secondary N) is 1. The Balaban J connectivity index is 2.34. The van der Waals surface area contributed by atoms with Crippen molar-refractivity contribution in [3.05, 3.63) is 39.8 Å². The van der Waals surface area contributed by atoms with Gasteiger partial charge in [0.05, 0.1) is 0 Å². The zero-order valence-electron chi connectivity index (χ0n) is 11.1. The number of nitrogens with zero attached hydrogens (tertiary/aromatic N) is 2. The average molecular weight is 278 g/mol. The van der Waals surface area contributed by atoms with Crippen LogP contribution in [0.5, 0.6) is 0 Å². The number of aromatic amines is 1. The Labute approximate surface area is 116 Å². The van der Waals surface area contributed by atoms with E-state index in [2.05, 4.69) is 35.3 Å². The van der Waals surface area contributed by atoms with Gasteiger partial charge in [-0.2, -0.15) is 0 Å². The number of aromatic nitrogens is 3. The van der Waals surface area contributed by atoms with Gasteiger partial charge >= 0.3 is 5.69 Å². The normalized spacial score (nSPS) is 10.9. The zero-order valence-corrected chi connectivity index (χ0v) is 12.0. The topological polar surface area (TPSA) is 76.7 Å². The van der Waals surface area contributed by atoms with Gasteiger partial charge in [0, 0.05) is 11.4 Å². The Kier molecular flexibility index (Phi) is 4.44. The standard InChI is InChI=1S/C13H18N4OS/c1-3-17-12(18)15-16-13(17)19-11-5-4-9(2)8-10(11)6-7-14/h4-5,8H,3,6-7,14H2,1-2H3,(H,15,18). The number of aryl methyl sites for hydroxylation is 1. The van der Waals surface area contributed by atoms with E-state index in [1.54, 1.807) is 4.57 Å². The molecule has 1 aromatic carbocycles. The predicted octanol–water partition coefficient (Wildman–Crippen LogP) is 1.55. The van der Waals surface area contributed by atoms with Crippen molar-refractivity contribution in [3.8, 4) is 0 Å². The zero-order chi connectivity index (χ0) is 13.8. The van der Waals surface area contributed by atoms with Crippen molar-refractivity contribution in [2.24, 2.45) is 5.73 Å². The monoisotopic (exact) mass is 278 g/mol. The summed E-state index contributed by atoms with van der Waals surface area (Å²) in [7, 11) is 0. The summed E-state index contributed by atoms with van der Waals surface area (Å²) < 4.78 is 1.62. The number of benzene rings is 1. The van der Waals surface area contributed by atoms with Gasteiger partial charge in [-0.3, -0.25) is 4.57 Å². The molecule has 0 unspecified atom stereocenters. The van der Waals surface area contributed by atoms with Gasteiger partial charge in [-0.1, -0.05) is 17.7 Å². The molecular formula is C13H18N4OS. The van der Waals surface area contributed by atoms with E-state index in [0.29, 0.717) is 18.2 Å². The highest BCUT2D eigenvalue weighted by molar-refractivity contribution is 7.99. The molecule has 0 saturated heterocycles. The van der Waals surface area contributed by atoms with E-state index in [-0.39, 0.29) is 5.69 Å². The predicted molar refractivity (Wildman–Crippen MR) is 76.6 cm³/mol. The summed E-state index contributed by atoms with van der Waals surface area (Å²) in [5, 5.41) is 7.24. The summed E-state index contributed by atoms with van der Waals surface area (Å²) in [4.78, 5) is 12.6. The van der Waals surface area contributed by atoms with Crippen molar-refractivity contribution in [3.63, 3.8) is 0 Å². The van der Waals surface area contributed by atoms with Crippen LogP contribution in [0, 0.1) is 6.92 Å². The fourth-order valence-corrected chi connectivity index (χ4v) is 2.96. The Morgan fingerprint density at radius 1 is 1.47 bits per heavy atom. The Hall–Kier alpha value is -1.53. The molecular weight excluding hydrogens is 260 g/mol. The molecule has 6 heteroatoms. The molecule has 1 aromatic heterocycles. The minimum Gasteiger partial charge on any atom is -0.330 e. The van der Waals surface area contributed by atoms with Crippen LogP contribution < -0.4 is 11.4 Å². The first-order valence-electron chi connectivity index (χ1n) is 6.28. The summed E-state index contributed by atoms with van der Waals surface area (Å²) in [6, 6.07) is 6.25. The quantitative estimate of drug-likeness (QED) is 0.870. The molecule has 3 N–H and O–H groups in total. The summed E-state index contributed by atoms with van der Waals surface area (Å²) in [6.45, 7) is 5.20. The maximum absolute atomic E-state index is 11.5. The molecule has 102 valence electrons. The van der Waals surface area contributed by atoms with E-state index in [0.717, 1.165) is 11.3 Å². The molecule has 0 saturated carbocycles. The lowest BCUT2D eigenvalue weighted by Crippen LogP contribution is -2.16. The number of rotatable bonds is 5. The van der Waals surface area contributed by atoms with E-state index in [9.17, 15) is 4.79 Å². The van der Waals surface area contributed by atoms with E-state index in [1.807, 2.05) is 6.92 Å². The third-order valence-electron chi connectivity index (χ3n) is 2.87. The molecule has 5 nitrogen and oxygen atoms in total. The van der Waals surface area contributed by atoms with E-state index < -0.39 is 0 Å². The van der Waals surface area contributed by atoms with Gasteiger partial charge in [0.15, 0.2) is 5.16 Å². The lowest BCUT2D eigenvalue weighted by molar-refractivity contribution is 0.660. The fourth-order valence-electron chi connectivity index (χ4n) is 1.92. The highest BCUT2D eigenvalue weighted by Gasteiger charge is 2.11. The smallest absolute Gasteiger partial charge is 0.330 e. The van der Waals surface area contributed by atoms with Crippen LogP contribution in [0.3, 0.4) is 0 Å². The maximum atomic E-state index is 11.5. The lowest BCUT2D eigenvalue weighted by Gasteiger charge is -2.09. The molecule has 19 heavy (non-hydrogen) atoms.